The van der Waals surface area contributed by atoms with Crippen LogP contribution in [0.2, 0.25) is 0 Å². The van der Waals surface area contributed by atoms with Crippen molar-refractivity contribution in [2.24, 2.45) is 10.9 Å². The highest BCUT2D eigenvalue weighted by atomic mass is 32.2. The lowest BCUT2D eigenvalue weighted by molar-refractivity contribution is -0.156. The number of aliphatic hydroxyl groups excluding tert-OH is 2. The van der Waals surface area contributed by atoms with Gasteiger partial charge < -0.3 is 25.8 Å². The number of nitrogen functional groups attached to an aromatic ring is 1. The molecule has 24 heavy (non-hydrogen) atoms. The lowest BCUT2D eigenvalue weighted by Gasteiger charge is -2.36. The predicted molar refractivity (Wildman–Crippen MR) is 77.9 cm³/mol. The molecule has 2 aromatic heterocycles. The number of hydrogen-bond donors (Lipinski definition) is 6. The van der Waals surface area contributed by atoms with E-state index in [4.69, 9.17) is 21.3 Å². The molecule has 0 spiro atoms. The van der Waals surface area contributed by atoms with Gasteiger partial charge in [-0.3, -0.25) is 10.3 Å². The van der Waals surface area contributed by atoms with E-state index in [2.05, 4.69) is 15.0 Å². The van der Waals surface area contributed by atoms with E-state index in [1.807, 2.05) is 0 Å². The minimum Gasteiger partial charge on any atom is -0.394 e. The topological polar surface area (TPSA) is 226 Å². The first-order valence-corrected chi connectivity index (χ1v) is 8.07. The fourth-order valence-electron chi connectivity index (χ4n) is 2.68. The molecule has 2 aromatic rings. The molecule has 14 heteroatoms. The van der Waals surface area contributed by atoms with E-state index in [9.17, 15) is 23.7 Å². The van der Waals surface area contributed by atoms with Crippen molar-refractivity contribution in [3.05, 3.63) is 12.7 Å². The third-order valence-electron chi connectivity index (χ3n) is 3.93. The summed E-state index contributed by atoms with van der Waals surface area (Å²) < 4.78 is 30.0. The normalized spacial score (nSPS) is 34.0. The average Bonchev–Trinajstić information content (AvgIpc) is 3.02. The van der Waals surface area contributed by atoms with Crippen LogP contribution in [0.4, 0.5) is 5.82 Å². The van der Waals surface area contributed by atoms with Crippen LogP contribution >= 0.6 is 0 Å². The molecule has 0 amide bonds. The maximum Gasteiger partial charge on any atom is 0.271 e. The second kappa shape index (κ2) is 5.03. The quantitative estimate of drug-likeness (QED) is 0.306. The van der Waals surface area contributed by atoms with Crippen LogP contribution in [0.15, 0.2) is 12.7 Å². The van der Waals surface area contributed by atoms with Crippen LogP contribution in [0.25, 0.3) is 11.2 Å². The average molecular weight is 361 g/mol. The van der Waals surface area contributed by atoms with E-state index in [-0.39, 0.29) is 17.0 Å². The highest BCUT2D eigenvalue weighted by Crippen LogP contribution is 2.43. The minimum absolute atomic E-state index is 0.0289. The van der Waals surface area contributed by atoms with Crippen molar-refractivity contribution in [3.8, 4) is 0 Å². The maximum atomic E-state index is 12.0. The summed E-state index contributed by atoms with van der Waals surface area (Å²) >= 11 is 0. The number of aliphatic hydroxyl groups is 3. The predicted octanol–water partition coefficient (Wildman–Crippen LogP) is -4.29. The Morgan fingerprint density at radius 1 is 1.38 bits per heavy atom. The second-order valence-corrected chi connectivity index (χ2v) is 6.98. The number of sulfonamides is 1. The molecule has 1 saturated heterocycles. The molecular weight excluding hydrogens is 346 g/mol. The molecule has 0 aromatic carbocycles. The van der Waals surface area contributed by atoms with Crippen LogP contribution in [-0.2, 0) is 20.6 Å². The molecule has 3 heterocycles. The Balaban J connectivity index is 2.32. The van der Waals surface area contributed by atoms with Gasteiger partial charge in [-0.2, -0.15) is 0 Å². The summed E-state index contributed by atoms with van der Waals surface area (Å²) in [6.45, 7) is -0.832. The Morgan fingerprint density at radius 3 is 2.62 bits per heavy atom. The molecule has 4 atom stereocenters. The lowest BCUT2D eigenvalue weighted by atomic mass is 10.1. The molecule has 3 rings (SSSR count). The third kappa shape index (κ3) is 1.89. The Hall–Kier alpha value is -1.94. The number of aromatic nitrogens is 4. The SMILES string of the molecule is Nc1ncnc2c1ncn2[C@]1(N)O[C@H](CO)[C@@H](O)[C@]1(O)S(N)(=O)=O. The van der Waals surface area contributed by atoms with Crippen molar-refractivity contribution in [2.45, 2.75) is 23.0 Å². The van der Waals surface area contributed by atoms with Gasteiger partial charge in [0.15, 0.2) is 11.5 Å². The van der Waals surface area contributed by atoms with Crippen molar-refractivity contribution in [1.82, 2.24) is 19.5 Å². The number of imidazole rings is 1. The van der Waals surface area contributed by atoms with Gasteiger partial charge in [0.1, 0.15) is 30.4 Å². The monoisotopic (exact) mass is 361 g/mol. The minimum atomic E-state index is -4.89. The van der Waals surface area contributed by atoms with Crippen LogP contribution in [0.5, 0.6) is 0 Å². The number of hydrogen-bond acceptors (Lipinski definition) is 11. The Kier molecular flexibility index (Phi) is 3.54. The lowest BCUT2D eigenvalue weighted by Crippen LogP contribution is -2.68. The fourth-order valence-corrected chi connectivity index (χ4v) is 3.72. The molecule has 1 aliphatic rings. The Labute approximate surface area is 134 Å². The van der Waals surface area contributed by atoms with Crippen LogP contribution < -0.4 is 16.6 Å². The number of anilines is 1. The number of nitrogens with two attached hydrogens (primary N) is 3. The van der Waals surface area contributed by atoms with Crippen molar-refractivity contribution in [1.29, 1.82) is 0 Å². The zero-order valence-electron chi connectivity index (χ0n) is 12.0. The van der Waals surface area contributed by atoms with Crippen molar-refractivity contribution in [2.75, 3.05) is 12.3 Å². The molecule has 0 aliphatic carbocycles. The summed E-state index contributed by atoms with van der Waals surface area (Å²) in [4.78, 5) is 8.29. The number of fused-ring (bicyclic) bond motifs is 1. The molecule has 0 radical (unpaired) electrons. The van der Waals surface area contributed by atoms with Crippen LogP contribution in [-0.4, -0.2) is 67.0 Å². The van der Waals surface area contributed by atoms with Gasteiger partial charge in [-0.1, -0.05) is 0 Å². The van der Waals surface area contributed by atoms with E-state index in [1.54, 1.807) is 0 Å². The maximum absolute atomic E-state index is 12.0. The van der Waals surface area contributed by atoms with E-state index in [0.29, 0.717) is 0 Å². The standard InChI is InChI=1S/C10H15N7O6S/c11-7-5-8(15-2-14-7)17(3-16-5)10(12)9(20,24(13,21)22)6(19)4(1-18)23-10/h2-4,6,18-20H,1,12H2,(H2,11,14,15)(H2,13,21,22)/t4-,6-,9+,10+/m1/s1. The summed E-state index contributed by atoms with van der Waals surface area (Å²) in [5, 5.41) is 35.1. The van der Waals surface area contributed by atoms with Gasteiger partial charge in [-0.25, -0.2) is 28.5 Å². The molecule has 1 aliphatic heterocycles. The van der Waals surface area contributed by atoms with Gasteiger partial charge in [0, 0.05) is 0 Å². The van der Waals surface area contributed by atoms with E-state index in [0.717, 1.165) is 17.2 Å². The number of rotatable bonds is 3. The summed E-state index contributed by atoms with van der Waals surface area (Å²) in [5.74, 6) is -2.66. The van der Waals surface area contributed by atoms with Crippen LogP contribution in [0.1, 0.15) is 0 Å². The summed E-state index contributed by atoms with van der Waals surface area (Å²) in [6.07, 6.45) is -1.61. The van der Waals surface area contributed by atoms with Gasteiger partial charge in [-0.05, 0) is 0 Å². The van der Waals surface area contributed by atoms with E-state index >= 15 is 0 Å². The first-order valence-electron chi connectivity index (χ1n) is 6.52. The Bertz CT molecular complexity index is 902. The number of primary sulfonamides is 1. The number of nitrogens with zero attached hydrogens (tertiary/aromatic N) is 4. The molecule has 13 nitrogen and oxygen atoms in total. The second-order valence-electron chi connectivity index (χ2n) is 5.27. The molecule has 9 N–H and O–H groups in total. The summed E-state index contributed by atoms with van der Waals surface area (Å²) in [6, 6.07) is 0. The van der Waals surface area contributed by atoms with Crippen molar-refractivity contribution < 1.29 is 28.5 Å². The van der Waals surface area contributed by atoms with Gasteiger partial charge in [0.25, 0.3) is 10.8 Å². The van der Waals surface area contributed by atoms with E-state index < -0.39 is 39.6 Å². The molecule has 0 saturated carbocycles. The number of ether oxygens (including phenoxy) is 1. The highest BCUT2D eigenvalue weighted by molar-refractivity contribution is 7.90. The largest absolute Gasteiger partial charge is 0.394 e. The fraction of sp³-hybridized carbons (Fsp3) is 0.500. The molecule has 132 valence electrons. The van der Waals surface area contributed by atoms with Crippen molar-refractivity contribution >= 4 is 27.0 Å². The Morgan fingerprint density at radius 2 is 2.04 bits per heavy atom. The highest BCUT2D eigenvalue weighted by Gasteiger charge is 2.71. The van der Waals surface area contributed by atoms with Crippen LogP contribution in [0.3, 0.4) is 0 Å². The van der Waals surface area contributed by atoms with Gasteiger partial charge in [0.2, 0.25) is 10.0 Å². The smallest absolute Gasteiger partial charge is 0.271 e. The summed E-state index contributed by atoms with van der Waals surface area (Å²) in [5.41, 5.74) is 11.6. The van der Waals surface area contributed by atoms with Gasteiger partial charge >= 0.3 is 0 Å². The van der Waals surface area contributed by atoms with Crippen LogP contribution in [0, 0.1) is 0 Å². The molecule has 1 fully saturated rings. The first-order chi connectivity index (χ1) is 11.1. The van der Waals surface area contributed by atoms with Gasteiger partial charge in [-0.15, -0.1) is 0 Å². The van der Waals surface area contributed by atoms with Gasteiger partial charge in [0.05, 0.1) is 6.61 Å². The molecule has 0 unspecified atom stereocenters. The zero-order valence-corrected chi connectivity index (χ0v) is 12.8. The summed E-state index contributed by atoms with van der Waals surface area (Å²) in [7, 11) is -4.89. The van der Waals surface area contributed by atoms with E-state index in [1.165, 1.54) is 0 Å². The molecular formula is C10H15N7O6S. The third-order valence-corrected chi connectivity index (χ3v) is 5.33. The first kappa shape index (κ1) is 16.9. The zero-order chi connectivity index (χ0) is 17.9. The molecule has 0 bridgehead atoms. The van der Waals surface area contributed by atoms with Crippen molar-refractivity contribution in [3.63, 3.8) is 0 Å².